The zero-order chi connectivity index (χ0) is 19.7. The van der Waals surface area contributed by atoms with E-state index in [-0.39, 0.29) is 8.20 Å². The Morgan fingerprint density at radius 2 is 1.50 bits per heavy atom. The van der Waals surface area contributed by atoms with E-state index in [2.05, 4.69) is 0 Å². The van der Waals surface area contributed by atoms with Crippen LogP contribution in [0.5, 0.6) is 5.75 Å². The summed E-state index contributed by atoms with van der Waals surface area (Å²) in [5.41, 5.74) is -5.34. The summed E-state index contributed by atoms with van der Waals surface area (Å²) in [6.07, 6.45) is -10.2. The molecule has 0 N–H and O–H groups in total. The zero-order valence-electron chi connectivity index (χ0n) is 13.5. The molecule has 2 rings (SSSR count). The molecule has 0 bridgehead atoms. The van der Waals surface area contributed by atoms with Crippen LogP contribution in [0.1, 0.15) is 22.3 Å². The van der Waals surface area contributed by atoms with E-state index < -0.39 is 34.5 Å². The number of rotatable bonds is 3. The summed E-state index contributed by atoms with van der Waals surface area (Å²) in [6, 6.07) is 6.02. The van der Waals surface area contributed by atoms with Crippen molar-refractivity contribution in [3.63, 3.8) is 0 Å². The lowest BCUT2D eigenvalue weighted by Crippen LogP contribution is -2.27. The molecular formula is C17H12F6O2P-. The van der Waals surface area contributed by atoms with Crippen molar-refractivity contribution in [1.29, 1.82) is 0 Å². The highest BCUT2D eigenvalue weighted by Gasteiger charge is 2.40. The quantitative estimate of drug-likeness (QED) is 0.580. The molecule has 0 aromatic heterocycles. The van der Waals surface area contributed by atoms with Crippen LogP contribution in [0.4, 0.5) is 26.3 Å². The van der Waals surface area contributed by atoms with Gasteiger partial charge in [0.1, 0.15) is 5.75 Å². The maximum absolute atomic E-state index is 13.2. The van der Waals surface area contributed by atoms with Crippen LogP contribution in [-0.2, 0) is 12.4 Å². The average Bonchev–Trinajstić information content (AvgIpc) is 2.54. The standard InChI is InChI=1S/C17H13F6O2P/c1-9-8-10(25-2)6-7-13(9)26-15(24)14-11(16(18,19)20)4-3-5-12(14)17(21,22)23/h3-8,24H,1-2H3/p-1. The van der Waals surface area contributed by atoms with Gasteiger partial charge in [0.25, 0.3) is 0 Å². The summed E-state index contributed by atoms with van der Waals surface area (Å²) in [6.45, 7) is 1.58. The van der Waals surface area contributed by atoms with Crippen molar-refractivity contribution in [1.82, 2.24) is 0 Å². The highest BCUT2D eigenvalue weighted by atomic mass is 31.1. The maximum Gasteiger partial charge on any atom is 0.416 e. The predicted octanol–water partition coefficient (Wildman–Crippen LogP) is 4.15. The fourth-order valence-electron chi connectivity index (χ4n) is 2.30. The number of aryl methyl sites for hydroxylation is 1. The molecule has 0 aliphatic carbocycles. The van der Waals surface area contributed by atoms with E-state index in [1.807, 2.05) is 0 Å². The van der Waals surface area contributed by atoms with Gasteiger partial charge in [-0.25, -0.2) is 0 Å². The Kier molecular flexibility index (Phi) is 5.68. The van der Waals surface area contributed by atoms with Crippen LogP contribution in [-0.4, -0.2) is 12.6 Å². The highest BCUT2D eigenvalue weighted by molar-refractivity contribution is 7.49. The van der Waals surface area contributed by atoms with Gasteiger partial charge in [0.2, 0.25) is 0 Å². The monoisotopic (exact) mass is 393 g/mol. The third kappa shape index (κ3) is 4.37. The molecule has 0 aliphatic heterocycles. The number of hydrogen-bond donors (Lipinski definition) is 0. The van der Waals surface area contributed by atoms with E-state index in [4.69, 9.17) is 4.74 Å². The van der Waals surface area contributed by atoms with Crippen LogP contribution in [0.15, 0.2) is 36.4 Å². The fourth-order valence-corrected chi connectivity index (χ4v) is 3.26. The molecule has 0 amide bonds. The number of benzene rings is 2. The van der Waals surface area contributed by atoms with Crippen molar-refractivity contribution in [2.45, 2.75) is 19.3 Å². The molecule has 9 heteroatoms. The molecule has 0 heterocycles. The lowest BCUT2D eigenvalue weighted by atomic mass is 10.0. The summed E-state index contributed by atoms with van der Waals surface area (Å²) in [4.78, 5) is 0. The van der Waals surface area contributed by atoms with E-state index in [9.17, 15) is 31.4 Å². The molecule has 0 unspecified atom stereocenters. The van der Waals surface area contributed by atoms with Crippen molar-refractivity contribution >= 4 is 19.0 Å². The third-order valence-electron chi connectivity index (χ3n) is 3.52. The van der Waals surface area contributed by atoms with Gasteiger partial charge in [0, 0.05) is 5.30 Å². The third-order valence-corrected chi connectivity index (χ3v) is 4.68. The second-order valence-corrected chi connectivity index (χ2v) is 6.40. The minimum Gasteiger partial charge on any atom is -0.823 e. The molecule has 0 aliphatic rings. The van der Waals surface area contributed by atoms with Crippen LogP contribution in [0, 0.1) is 6.92 Å². The van der Waals surface area contributed by atoms with Crippen molar-refractivity contribution in [3.05, 3.63) is 58.7 Å². The molecular weight excluding hydrogens is 381 g/mol. The SMILES string of the molecule is COc1ccc(P=C([O-])c2c(C(F)(F)F)cccc2C(F)(F)F)c(C)c1. The number of ether oxygens (including phenoxy) is 1. The average molecular weight is 393 g/mol. The van der Waals surface area contributed by atoms with E-state index in [0.717, 1.165) is 0 Å². The number of hydrogen-bond acceptors (Lipinski definition) is 2. The van der Waals surface area contributed by atoms with Gasteiger partial charge in [-0.05, 0) is 48.4 Å². The second-order valence-electron chi connectivity index (χ2n) is 5.29. The summed E-state index contributed by atoms with van der Waals surface area (Å²) in [7, 11) is 1.12. The first kappa shape index (κ1) is 20.3. The molecule has 0 atom stereocenters. The summed E-state index contributed by atoms with van der Waals surface area (Å²) in [5.74, 6) is 0.459. The normalized spacial score (nSPS) is 13.0. The Morgan fingerprint density at radius 1 is 0.962 bits per heavy atom. The van der Waals surface area contributed by atoms with Gasteiger partial charge in [0.05, 0.1) is 18.2 Å². The first-order chi connectivity index (χ1) is 11.9. The van der Waals surface area contributed by atoms with E-state index in [1.165, 1.54) is 25.3 Å². The van der Waals surface area contributed by atoms with Gasteiger partial charge < -0.3 is 9.84 Å². The lowest BCUT2D eigenvalue weighted by molar-refractivity contribution is -0.209. The lowest BCUT2D eigenvalue weighted by Gasteiger charge is -2.23. The van der Waals surface area contributed by atoms with Crippen LogP contribution >= 0.6 is 8.20 Å². The van der Waals surface area contributed by atoms with Crippen LogP contribution in [0.3, 0.4) is 0 Å². The first-order valence-corrected chi connectivity index (χ1v) is 8.02. The Morgan fingerprint density at radius 3 is 1.92 bits per heavy atom. The molecule has 0 saturated heterocycles. The van der Waals surface area contributed by atoms with Crippen molar-refractivity contribution < 1.29 is 36.2 Å². The number of halogens is 6. The van der Waals surface area contributed by atoms with Gasteiger partial charge >= 0.3 is 12.4 Å². The van der Waals surface area contributed by atoms with Crippen molar-refractivity contribution in [3.8, 4) is 5.75 Å². The minimum absolute atomic E-state index is 0.291. The zero-order valence-corrected chi connectivity index (χ0v) is 14.4. The highest BCUT2D eigenvalue weighted by Crippen LogP contribution is 2.39. The fraction of sp³-hybridized carbons (Fsp3) is 0.235. The maximum atomic E-state index is 13.2. The molecule has 0 spiro atoms. The largest absolute Gasteiger partial charge is 0.823 e. The second kappa shape index (κ2) is 7.29. The molecule has 2 aromatic rings. The van der Waals surface area contributed by atoms with Gasteiger partial charge in [-0.15, -0.1) is 5.48 Å². The summed E-state index contributed by atoms with van der Waals surface area (Å²) < 4.78 is 83.9. The van der Waals surface area contributed by atoms with Crippen LogP contribution < -0.4 is 15.1 Å². The molecule has 2 aromatic carbocycles. The summed E-state index contributed by atoms with van der Waals surface area (Å²) >= 11 is 0. The van der Waals surface area contributed by atoms with Gasteiger partial charge in [-0.3, -0.25) is 0 Å². The first-order valence-electron chi connectivity index (χ1n) is 7.13. The Balaban J connectivity index is 2.69. The molecule has 26 heavy (non-hydrogen) atoms. The minimum atomic E-state index is -5.09. The Bertz CT molecular complexity index is 808. The molecule has 140 valence electrons. The van der Waals surface area contributed by atoms with E-state index in [0.29, 0.717) is 34.8 Å². The van der Waals surface area contributed by atoms with Crippen molar-refractivity contribution in [2.24, 2.45) is 0 Å². The van der Waals surface area contributed by atoms with Crippen molar-refractivity contribution in [2.75, 3.05) is 7.11 Å². The van der Waals surface area contributed by atoms with Gasteiger partial charge in [-0.1, -0.05) is 14.3 Å². The molecule has 2 nitrogen and oxygen atoms in total. The predicted molar refractivity (Wildman–Crippen MR) is 84.8 cm³/mol. The van der Waals surface area contributed by atoms with E-state index in [1.54, 1.807) is 6.92 Å². The number of alkyl halides is 6. The van der Waals surface area contributed by atoms with Crippen LogP contribution in [0.25, 0.3) is 0 Å². The van der Waals surface area contributed by atoms with Gasteiger partial charge in [-0.2, -0.15) is 26.3 Å². The Labute approximate surface area is 146 Å². The molecule has 0 radical (unpaired) electrons. The van der Waals surface area contributed by atoms with E-state index >= 15 is 0 Å². The molecule has 0 saturated carbocycles. The Hall–Kier alpha value is -2.05. The van der Waals surface area contributed by atoms with Crippen LogP contribution in [0.2, 0.25) is 0 Å². The van der Waals surface area contributed by atoms with Gasteiger partial charge in [0.15, 0.2) is 0 Å². The summed E-state index contributed by atoms with van der Waals surface area (Å²) in [5, 5.41) is 12.7. The molecule has 0 fully saturated rings. The topological polar surface area (TPSA) is 32.3 Å². The number of methoxy groups -OCH3 is 1. The smallest absolute Gasteiger partial charge is 0.416 e.